The molecule has 1 saturated heterocycles. The standard InChI is InChI=1S/C39H61N5O6S/c1-9-20-50-39(48)27(6)21-29(22-28-16-12-11-13-17-28)41-36(46)31-24-51-37(42-31)33(49-8)23-32(25(3)4)44(7)38(47)34(26(5)10-2)43-35(45)30-18-14-15-19-40-30/h11-13,16-17,24-27,29-30,32-34,40H,9-10,14-15,18-23H2,1-8H3,(H,41,46)(H,43,45)/t26-,27-,29+,30+,32+,33+,34-/m0/s1. The van der Waals surface area contributed by atoms with Gasteiger partial charge in [0.25, 0.3) is 5.91 Å². The molecule has 0 saturated carbocycles. The molecule has 284 valence electrons. The van der Waals surface area contributed by atoms with E-state index in [-0.39, 0.29) is 65.3 Å². The molecule has 1 aliphatic rings. The zero-order valence-corrected chi connectivity index (χ0v) is 32.7. The number of likely N-dealkylation sites (N-methyl/N-ethyl adjacent to an activating group) is 1. The summed E-state index contributed by atoms with van der Waals surface area (Å²) in [5.41, 5.74) is 1.33. The smallest absolute Gasteiger partial charge is 0.308 e. The molecular formula is C39H61N5O6S. The van der Waals surface area contributed by atoms with Gasteiger partial charge in [-0.25, -0.2) is 4.98 Å². The topological polar surface area (TPSA) is 139 Å². The van der Waals surface area contributed by atoms with Crippen LogP contribution in [-0.2, 0) is 30.3 Å². The molecule has 7 atom stereocenters. The molecule has 3 N–H and O–H groups in total. The maximum absolute atomic E-state index is 14.1. The average Bonchev–Trinajstić information content (AvgIpc) is 3.63. The average molecular weight is 728 g/mol. The highest BCUT2D eigenvalue weighted by atomic mass is 32.1. The Hall–Kier alpha value is -3.35. The Morgan fingerprint density at radius 1 is 1.04 bits per heavy atom. The number of methoxy groups -OCH3 is 1. The van der Waals surface area contributed by atoms with E-state index in [4.69, 9.17) is 14.5 Å². The highest BCUT2D eigenvalue weighted by molar-refractivity contribution is 7.09. The number of piperidine rings is 1. The van der Waals surface area contributed by atoms with E-state index in [9.17, 15) is 19.2 Å². The number of thiazole rings is 1. The molecule has 3 rings (SSSR count). The van der Waals surface area contributed by atoms with Gasteiger partial charge in [0.15, 0.2) is 0 Å². The number of esters is 1. The van der Waals surface area contributed by atoms with Crippen molar-refractivity contribution in [2.45, 2.75) is 123 Å². The van der Waals surface area contributed by atoms with E-state index in [1.807, 2.05) is 58.0 Å². The first-order valence-corrected chi connectivity index (χ1v) is 19.6. The van der Waals surface area contributed by atoms with Gasteiger partial charge in [-0.3, -0.25) is 19.2 Å². The van der Waals surface area contributed by atoms with E-state index in [0.717, 1.165) is 44.2 Å². The summed E-state index contributed by atoms with van der Waals surface area (Å²) in [6, 6.07) is 8.40. The zero-order valence-electron chi connectivity index (χ0n) is 31.9. The summed E-state index contributed by atoms with van der Waals surface area (Å²) in [4.78, 5) is 59.9. The largest absolute Gasteiger partial charge is 0.465 e. The molecule has 0 aliphatic carbocycles. The lowest BCUT2D eigenvalue weighted by molar-refractivity contribution is -0.148. The lowest BCUT2D eigenvalue weighted by Gasteiger charge is -2.37. The lowest BCUT2D eigenvalue weighted by Crippen LogP contribution is -2.57. The number of rotatable bonds is 20. The number of benzene rings is 1. The minimum atomic E-state index is -0.645. The third kappa shape index (κ3) is 12.7. The Bertz CT molecular complexity index is 1380. The fraction of sp³-hybridized carbons (Fsp3) is 0.667. The predicted octanol–water partition coefficient (Wildman–Crippen LogP) is 5.70. The van der Waals surface area contributed by atoms with Crippen molar-refractivity contribution < 1.29 is 28.7 Å². The van der Waals surface area contributed by atoms with Crippen molar-refractivity contribution in [1.82, 2.24) is 25.8 Å². The van der Waals surface area contributed by atoms with Crippen molar-refractivity contribution in [3.63, 3.8) is 0 Å². The molecular weight excluding hydrogens is 667 g/mol. The van der Waals surface area contributed by atoms with Gasteiger partial charge < -0.3 is 30.3 Å². The zero-order chi connectivity index (χ0) is 37.5. The van der Waals surface area contributed by atoms with Gasteiger partial charge in [-0.2, -0.15) is 0 Å². The number of ether oxygens (including phenoxy) is 2. The van der Waals surface area contributed by atoms with E-state index in [2.05, 4.69) is 29.8 Å². The minimum absolute atomic E-state index is 0.0470. The van der Waals surface area contributed by atoms with Gasteiger partial charge in [0, 0.05) is 38.0 Å². The first-order chi connectivity index (χ1) is 24.4. The van der Waals surface area contributed by atoms with Gasteiger partial charge in [0.05, 0.1) is 18.6 Å². The van der Waals surface area contributed by atoms with E-state index >= 15 is 0 Å². The Morgan fingerprint density at radius 3 is 2.37 bits per heavy atom. The quantitative estimate of drug-likeness (QED) is 0.148. The number of hydrogen-bond donors (Lipinski definition) is 3. The van der Waals surface area contributed by atoms with Gasteiger partial charge in [-0.15, -0.1) is 11.3 Å². The lowest BCUT2D eigenvalue weighted by atomic mass is 9.92. The van der Waals surface area contributed by atoms with Crippen LogP contribution in [0.2, 0.25) is 0 Å². The molecule has 2 heterocycles. The number of nitrogens with zero attached hydrogens (tertiary/aromatic N) is 2. The third-order valence-electron chi connectivity index (χ3n) is 9.94. The van der Waals surface area contributed by atoms with Crippen molar-refractivity contribution in [2.75, 3.05) is 27.3 Å². The molecule has 11 nitrogen and oxygen atoms in total. The SMILES string of the molecule is CCCOC(=O)[C@@H](C)C[C@H](Cc1ccccc1)NC(=O)c1csc([C@@H](C[C@H](C(C)C)N(C)C(=O)[C@@H](NC(=O)[C@H]2CCCCN2)[C@@H](C)CC)OC)n1. The molecule has 0 radical (unpaired) electrons. The Kier molecular flexibility index (Phi) is 17.5. The Labute approximate surface area is 309 Å². The molecule has 3 amide bonds. The summed E-state index contributed by atoms with van der Waals surface area (Å²) in [6.07, 6.45) is 5.28. The summed E-state index contributed by atoms with van der Waals surface area (Å²) in [5.74, 6) is -1.20. The van der Waals surface area contributed by atoms with Crippen LogP contribution >= 0.6 is 11.3 Å². The van der Waals surface area contributed by atoms with Crippen molar-refractivity contribution >= 4 is 35.0 Å². The van der Waals surface area contributed by atoms with Crippen LogP contribution < -0.4 is 16.0 Å². The Morgan fingerprint density at radius 2 is 1.76 bits per heavy atom. The molecule has 0 unspecified atom stereocenters. The van der Waals surface area contributed by atoms with Crippen molar-refractivity contribution in [3.05, 3.63) is 52.0 Å². The highest BCUT2D eigenvalue weighted by Crippen LogP contribution is 2.30. The molecule has 1 aliphatic heterocycles. The van der Waals surface area contributed by atoms with Gasteiger partial charge >= 0.3 is 5.97 Å². The molecule has 0 bridgehead atoms. The molecule has 1 fully saturated rings. The van der Waals surface area contributed by atoms with Gasteiger partial charge in [0.1, 0.15) is 22.8 Å². The van der Waals surface area contributed by atoms with E-state index in [1.165, 1.54) is 11.3 Å². The first kappa shape index (κ1) is 42.1. The summed E-state index contributed by atoms with van der Waals surface area (Å²) in [6.45, 7) is 13.1. The van der Waals surface area contributed by atoms with Crippen LogP contribution in [-0.4, -0.2) is 85.1 Å². The molecule has 12 heteroatoms. The number of amides is 3. The Balaban J connectivity index is 1.73. The van der Waals surface area contributed by atoms with Crippen molar-refractivity contribution in [1.29, 1.82) is 0 Å². The maximum atomic E-state index is 14.1. The van der Waals surface area contributed by atoms with Crippen LogP contribution in [0.3, 0.4) is 0 Å². The summed E-state index contributed by atoms with van der Waals surface area (Å²) in [5, 5.41) is 11.8. The van der Waals surface area contributed by atoms with Crippen LogP contribution in [0, 0.1) is 17.8 Å². The monoisotopic (exact) mass is 727 g/mol. The molecule has 1 aromatic heterocycles. The van der Waals surface area contributed by atoms with Crippen LogP contribution in [0.1, 0.15) is 114 Å². The first-order valence-electron chi connectivity index (χ1n) is 18.7. The fourth-order valence-electron chi connectivity index (χ4n) is 6.55. The minimum Gasteiger partial charge on any atom is -0.465 e. The fourth-order valence-corrected chi connectivity index (χ4v) is 7.44. The molecule has 0 spiro atoms. The van der Waals surface area contributed by atoms with Crippen LogP contribution in [0.4, 0.5) is 0 Å². The van der Waals surface area contributed by atoms with Gasteiger partial charge in [-0.05, 0) is 56.0 Å². The number of carbonyl (C=O) groups excluding carboxylic acids is 4. The van der Waals surface area contributed by atoms with Gasteiger partial charge in [-0.1, -0.05) is 84.7 Å². The molecule has 2 aromatic rings. The van der Waals surface area contributed by atoms with Crippen molar-refractivity contribution in [3.8, 4) is 0 Å². The highest BCUT2D eigenvalue weighted by Gasteiger charge is 2.36. The van der Waals surface area contributed by atoms with E-state index in [0.29, 0.717) is 30.9 Å². The second-order valence-corrected chi connectivity index (χ2v) is 15.2. The van der Waals surface area contributed by atoms with Crippen LogP contribution in [0.25, 0.3) is 0 Å². The summed E-state index contributed by atoms with van der Waals surface area (Å²) < 4.78 is 11.3. The van der Waals surface area contributed by atoms with Crippen LogP contribution in [0.15, 0.2) is 35.7 Å². The second kappa shape index (κ2) is 21.2. The van der Waals surface area contributed by atoms with Gasteiger partial charge in [0.2, 0.25) is 11.8 Å². The van der Waals surface area contributed by atoms with E-state index in [1.54, 1.807) is 24.4 Å². The number of carbonyl (C=O) groups is 4. The number of nitrogens with one attached hydrogen (secondary N) is 3. The molecule has 51 heavy (non-hydrogen) atoms. The number of hydrogen-bond acceptors (Lipinski definition) is 9. The molecule has 1 aromatic carbocycles. The maximum Gasteiger partial charge on any atom is 0.308 e. The third-order valence-corrected chi connectivity index (χ3v) is 10.9. The summed E-state index contributed by atoms with van der Waals surface area (Å²) in [7, 11) is 3.41. The normalized spacial score (nSPS) is 18.2. The predicted molar refractivity (Wildman–Crippen MR) is 201 cm³/mol. The van der Waals surface area contributed by atoms with Crippen LogP contribution in [0.5, 0.6) is 0 Å². The van der Waals surface area contributed by atoms with E-state index < -0.39 is 12.1 Å². The number of aromatic nitrogens is 1. The second-order valence-electron chi connectivity index (χ2n) is 14.3. The summed E-state index contributed by atoms with van der Waals surface area (Å²) >= 11 is 1.34. The van der Waals surface area contributed by atoms with Crippen molar-refractivity contribution in [2.24, 2.45) is 17.8 Å².